The predicted molar refractivity (Wildman–Crippen MR) is 129 cm³/mol. The number of carbonyl (C=O) groups excluding carboxylic acids is 1. The van der Waals surface area contributed by atoms with Crippen LogP contribution in [-0.2, 0) is 11.3 Å². The Labute approximate surface area is 202 Å². The first-order chi connectivity index (χ1) is 16.0. The molecule has 1 atom stereocenters. The molecule has 8 nitrogen and oxygen atoms in total. The molecule has 3 aromatic rings. The van der Waals surface area contributed by atoms with Crippen molar-refractivity contribution in [3.63, 3.8) is 0 Å². The average Bonchev–Trinajstić information content (AvgIpc) is 3.22. The van der Waals surface area contributed by atoms with Gasteiger partial charge in [-0.1, -0.05) is 60.7 Å². The van der Waals surface area contributed by atoms with Crippen LogP contribution in [0.4, 0.5) is 0 Å². The molecule has 1 aromatic carbocycles. The summed E-state index contributed by atoms with van der Waals surface area (Å²) >= 11 is 12.6. The van der Waals surface area contributed by atoms with Crippen LogP contribution in [0.15, 0.2) is 23.0 Å². The van der Waals surface area contributed by atoms with Crippen LogP contribution >= 0.6 is 23.2 Å². The third-order valence-electron chi connectivity index (χ3n) is 6.17. The standard InChI is InChI=1S/C23H28Cl2N6O2/c1-2-3-4-5-11-19(32)30-12-7-8-15(13-30)21-26-22-20(23(33)27-21)28-29-31(22)14-16-17(24)9-6-10-18(16)25/h6,9-10,15H,2-5,7-8,11-14H2,1H3,(H,26,27,33). The van der Waals surface area contributed by atoms with E-state index in [9.17, 15) is 9.59 Å². The maximum atomic E-state index is 12.7. The Morgan fingerprint density at radius 2 is 2.00 bits per heavy atom. The van der Waals surface area contributed by atoms with Crippen molar-refractivity contribution >= 4 is 40.3 Å². The topological polar surface area (TPSA) is 96.8 Å². The Morgan fingerprint density at radius 1 is 1.21 bits per heavy atom. The van der Waals surface area contributed by atoms with Gasteiger partial charge in [0.05, 0.1) is 6.54 Å². The lowest BCUT2D eigenvalue weighted by molar-refractivity contribution is -0.132. The minimum absolute atomic E-state index is 0.0392. The van der Waals surface area contributed by atoms with Gasteiger partial charge in [0.15, 0.2) is 11.2 Å². The Kier molecular flexibility index (Phi) is 7.65. The van der Waals surface area contributed by atoms with Gasteiger partial charge in [-0.05, 0) is 31.4 Å². The number of H-pyrrole nitrogens is 1. The van der Waals surface area contributed by atoms with E-state index in [1.807, 2.05) is 4.90 Å². The van der Waals surface area contributed by atoms with Gasteiger partial charge in [-0.15, -0.1) is 5.10 Å². The summed E-state index contributed by atoms with van der Waals surface area (Å²) in [5, 5.41) is 9.14. The monoisotopic (exact) mass is 490 g/mol. The molecule has 1 unspecified atom stereocenters. The maximum absolute atomic E-state index is 12.7. The summed E-state index contributed by atoms with van der Waals surface area (Å²) in [5.41, 5.74) is 0.901. The molecule has 1 aliphatic rings. The number of rotatable bonds is 8. The second kappa shape index (κ2) is 10.7. The molecular formula is C23H28Cl2N6O2. The Bertz CT molecular complexity index is 1170. The van der Waals surface area contributed by atoms with E-state index in [0.717, 1.165) is 45.1 Å². The summed E-state index contributed by atoms with van der Waals surface area (Å²) in [4.78, 5) is 34.9. The van der Waals surface area contributed by atoms with E-state index in [4.69, 9.17) is 28.2 Å². The van der Waals surface area contributed by atoms with Gasteiger partial charge < -0.3 is 9.88 Å². The van der Waals surface area contributed by atoms with Crippen molar-refractivity contribution in [2.24, 2.45) is 0 Å². The highest BCUT2D eigenvalue weighted by Crippen LogP contribution is 2.27. The lowest BCUT2D eigenvalue weighted by Gasteiger charge is -2.32. The summed E-state index contributed by atoms with van der Waals surface area (Å²) in [6.45, 7) is 3.71. The van der Waals surface area contributed by atoms with Crippen molar-refractivity contribution in [1.29, 1.82) is 0 Å². The Balaban J connectivity index is 1.55. The van der Waals surface area contributed by atoms with Crippen LogP contribution in [0.5, 0.6) is 0 Å². The van der Waals surface area contributed by atoms with Crippen LogP contribution in [0, 0.1) is 0 Å². The summed E-state index contributed by atoms with van der Waals surface area (Å²) < 4.78 is 1.54. The number of carbonyl (C=O) groups is 1. The zero-order chi connectivity index (χ0) is 23.4. The maximum Gasteiger partial charge on any atom is 0.281 e. The number of aromatic nitrogens is 5. The molecule has 4 rings (SSSR count). The highest BCUT2D eigenvalue weighted by atomic mass is 35.5. The van der Waals surface area contributed by atoms with Gasteiger partial charge in [-0.2, -0.15) is 0 Å². The molecule has 0 spiro atoms. The van der Waals surface area contributed by atoms with Gasteiger partial charge in [0.1, 0.15) is 5.82 Å². The first-order valence-corrected chi connectivity index (χ1v) is 12.3. The third kappa shape index (κ3) is 5.38. The van der Waals surface area contributed by atoms with Gasteiger partial charge in [-0.3, -0.25) is 9.59 Å². The second-order valence-electron chi connectivity index (χ2n) is 8.56. The lowest BCUT2D eigenvalue weighted by Crippen LogP contribution is -2.39. The van der Waals surface area contributed by atoms with E-state index < -0.39 is 0 Å². The van der Waals surface area contributed by atoms with Gasteiger partial charge in [0.25, 0.3) is 5.56 Å². The fourth-order valence-corrected chi connectivity index (χ4v) is 4.82. The number of nitrogens with zero attached hydrogens (tertiary/aromatic N) is 5. The van der Waals surface area contributed by atoms with Gasteiger partial charge in [-0.25, -0.2) is 9.67 Å². The van der Waals surface area contributed by atoms with Crippen LogP contribution in [0.25, 0.3) is 11.2 Å². The van der Waals surface area contributed by atoms with Crippen molar-refractivity contribution in [1.82, 2.24) is 29.9 Å². The molecule has 0 aliphatic carbocycles. The van der Waals surface area contributed by atoms with Crippen molar-refractivity contribution in [3.05, 3.63) is 50.0 Å². The van der Waals surface area contributed by atoms with Crippen LogP contribution in [0.3, 0.4) is 0 Å². The van der Waals surface area contributed by atoms with Crippen LogP contribution in [-0.4, -0.2) is 48.9 Å². The van der Waals surface area contributed by atoms with Crippen molar-refractivity contribution in [2.45, 2.75) is 64.3 Å². The van der Waals surface area contributed by atoms with Crippen LogP contribution < -0.4 is 5.56 Å². The molecule has 1 N–H and O–H groups in total. The van der Waals surface area contributed by atoms with Gasteiger partial charge in [0, 0.05) is 41.0 Å². The minimum atomic E-state index is -0.338. The van der Waals surface area contributed by atoms with E-state index >= 15 is 0 Å². The van der Waals surface area contributed by atoms with Crippen molar-refractivity contribution in [2.75, 3.05) is 13.1 Å². The number of amides is 1. The average molecular weight is 491 g/mol. The molecular weight excluding hydrogens is 463 g/mol. The fourth-order valence-electron chi connectivity index (χ4n) is 4.30. The summed E-state index contributed by atoms with van der Waals surface area (Å²) in [6, 6.07) is 5.28. The first-order valence-electron chi connectivity index (χ1n) is 11.5. The smallest absolute Gasteiger partial charge is 0.281 e. The molecule has 33 heavy (non-hydrogen) atoms. The molecule has 1 fully saturated rings. The van der Waals surface area contributed by atoms with E-state index in [2.05, 4.69) is 22.2 Å². The largest absolute Gasteiger partial charge is 0.342 e. The summed E-state index contributed by atoms with van der Waals surface area (Å²) in [5.74, 6) is 0.701. The number of fused-ring (bicyclic) bond motifs is 1. The number of hydrogen-bond acceptors (Lipinski definition) is 5. The number of unbranched alkanes of at least 4 members (excludes halogenated alkanes) is 3. The van der Waals surface area contributed by atoms with E-state index in [1.165, 1.54) is 0 Å². The number of benzene rings is 1. The van der Waals surface area contributed by atoms with E-state index in [0.29, 0.717) is 40.0 Å². The molecule has 3 heterocycles. The SMILES string of the molecule is CCCCCCC(=O)N1CCCC(c2nc3c(nnn3Cc3c(Cl)cccc3Cl)c(=O)[nH]2)C1. The number of halogens is 2. The molecule has 10 heteroatoms. The van der Waals surface area contributed by atoms with Gasteiger partial charge in [0.2, 0.25) is 5.91 Å². The molecule has 2 aromatic heterocycles. The zero-order valence-corrected chi connectivity index (χ0v) is 20.2. The van der Waals surface area contributed by atoms with E-state index in [-0.39, 0.29) is 29.4 Å². The molecule has 0 saturated carbocycles. The normalized spacial score (nSPS) is 16.5. The Morgan fingerprint density at radius 3 is 2.76 bits per heavy atom. The molecule has 1 amide bonds. The number of nitrogens with one attached hydrogen (secondary N) is 1. The third-order valence-corrected chi connectivity index (χ3v) is 6.87. The molecule has 1 saturated heterocycles. The molecule has 176 valence electrons. The number of piperidine rings is 1. The lowest BCUT2D eigenvalue weighted by atomic mass is 9.96. The molecule has 0 bridgehead atoms. The van der Waals surface area contributed by atoms with E-state index in [1.54, 1.807) is 22.9 Å². The number of hydrogen-bond donors (Lipinski definition) is 1. The second-order valence-corrected chi connectivity index (χ2v) is 9.37. The fraction of sp³-hybridized carbons (Fsp3) is 0.522. The molecule has 0 radical (unpaired) electrons. The Hall–Kier alpha value is -2.45. The highest BCUT2D eigenvalue weighted by molar-refractivity contribution is 6.36. The van der Waals surface area contributed by atoms with Crippen LogP contribution in [0.2, 0.25) is 10.0 Å². The quantitative estimate of drug-likeness (QED) is 0.467. The van der Waals surface area contributed by atoms with Crippen LogP contribution in [0.1, 0.15) is 69.2 Å². The van der Waals surface area contributed by atoms with Crippen molar-refractivity contribution < 1.29 is 4.79 Å². The zero-order valence-electron chi connectivity index (χ0n) is 18.7. The highest BCUT2D eigenvalue weighted by Gasteiger charge is 2.27. The molecule has 1 aliphatic heterocycles. The number of likely N-dealkylation sites (tertiary alicyclic amines) is 1. The summed E-state index contributed by atoms with van der Waals surface area (Å²) in [6.07, 6.45) is 6.61. The summed E-state index contributed by atoms with van der Waals surface area (Å²) in [7, 11) is 0. The number of aromatic amines is 1. The predicted octanol–water partition coefficient (Wildman–Crippen LogP) is 4.55. The van der Waals surface area contributed by atoms with Gasteiger partial charge >= 0.3 is 0 Å². The van der Waals surface area contributed by atoms with Crippen molar-refractivity contribution in [3.8, 4) is 0 Å². The first kappa shape index (κ1) is 23.7. The minimum Gasteiger partial charge on any atom is -0.342 e.